The van der Waals surface area contributed by atoms with E-state index in [1.165, 1.54) is 12.8 Å². The van der Waals surface area contributed by atoms with Gasteiger partial charge in [-0.25, -0.2) is 0 Å². The Morgan fingerprint density at radius 2 is 2.18 bits per heavy atom. The topological polar surface area (TPSA) is 20.2 Å². The molecule has 1 nitrogen and oxygen atoms in total. The summed E-state index contributed by atoms with van der Waals surface area (Å²) in [5.74, 6) is 1.08. The Bertz CT molecular complexity index is 78.5. The molecular formula is C8H18OS2. The maximum Gasteiger partial charge on any atom is 0.0439 e. The van der Waals surface area contributed by atoms with E-state index in [0.29, 0.717) is 6.61 Å². The van der Waals surface area contributed by atoms with E-state index in [1.807, 2.05) is 21.6 Å². The molecule has 0 saturated heterocycles. The van der Waals surface area contributed by atoms with Crippen molar-refractivity contribution in [2.75, 3.05) is 12.4 Å². The second-order valence-electron chi connectivity index (χ2n) is 2.59. The zero-order chi connectivity index (χ0) is 8.53. The number of aliphatic hydroxyl groups excluding tert-OH is 1. The average molecular weight is 194 g/mol. The zero-order valence-corrected chi connectivity index (χ0v) is 9.01. The third-order valence-electron chi connectivity index (χ3n) is 1.31. The third kappa shape index (κ3) is 8.57. The lowest BCUT2D eigenvalue weighted by molar-refractivity contribution is 0.296. The molecule has 3 heteroatoms. The lowest BCUT2D eigenvalue weighted by Crippen LogP contribution is -1.92. The molecule has 0 radical (unpaired) electrons. The summed E-state index contributed by atoms with van der Waals surface area (Å²) in [7, 11) is 3.83. The quantitative estimate of drug-likeness (QED) is 0.497. The molecule has 0 aliphatic heterocycles. The monoisotopic (exact) mass is 194 g/mol. The minimum absolute atomic E-state index is 0.329. The van der Waals surface area contributed by atoms with Gasteiger partial charge in [-0.15, -0.1) is 0 Å². The molecule has 11 heavy (non-hydrogen) atoms. The van der Waals surface area contributed by atoms with Gasteiger partial charge in [-0.3, -0.25) is 0 Å². The molecule has 0 aromatic rings. The molecule has 0 spiro atoms. The maximum absolute atomic E-state index is 8.51. The molecule has 1 N–H and O–H groups in total. The van der Waals surface area contributed by atoms with Gasteiger partial charge < -0.3 is 5.11 Å². The summed E-state index contributed by atoms with van der Waals surface area (Å²) in [5.41, 5.74) is 0. The first-order valence-electron chi connectivity index (χ1n) is 4.20. The first kappa shape index (κ1) is 11.7. The molecule has 0 rings (SSSR count). The van der Waals surface area contributed by atoms with E-state index in [0.717, 1.165) is 17.4 Å². The van der Waals surface area contributed by atoms with E-state index < -0.39 is 0 Å². The van der Waals surface area contributed by atoms with Crippen LogP contribution in [-0.4, -0.2) is 22.7 Å². The van der Waals surface area contributed by atoms with Crippen molar-refractivity contribution in [3.05, 3.63) is 0 Å². The molecule has 0 aromatic carbocycles. The van der Waals surface area contributed by atoms with Crippen molar-refractivity contribution in [3.8, 4) is 0 Å². The summed E-state index contributed by atoms with van der Waals surface area (Å²) in [6.45, 7) is 4.81. The first-order chi connectivity index (χ1) is 5.31. The van der Waals surface area contributed by atoms with Crippen LogP contribution in [0.3, 0.4) is 0 Å². The van der Waals surface area contributed by atoms with E-state index >= 15 is 0 Å². The summed E-state index contributed by atoms with van der Waals surface area (Å²) < 4.78 is 0. The van der Waals surface area contributed by atoms with Gasteiger partial charge in [0.2, 0.25) is 0 Å². The van der Waals surface area contributed by atoms with E-state index in [2.05, 4.69) is 13.8 Å². The summed E-state index contributed by atoms with van der Waals surface area (Å²) in [5, 5.41) is 9.28. The van der Waals surface area contributed by atoms with Crippen LogP contribution in [0.5, 0.6) is 0 Å². The Labute approximate surface area is 77.7 Å². The smallest absolute Gasteiger partial charge is 0.0439 e. The van der Waals surface area contributed by atoms with Crippen LogP contribution in [-0.2, 0) is 0 Å². The number of aliphatic hydroxyl groups is 1. The lowest BCUT2D eigenvalue weighted by Gasteiger charge is -2.07. The highest BCUT2D eigenvalue weighted by Gasteiger charge is 2.00. The van der Waals surface area contributed by atoms with Gasteiger partial charge in [-0.2, -0.15) is 0 Å². The molecule has 68 valence electrons. The molecule has 1 atom stereocenters. The summed E-state index contributed by atoms with van der Waals surface area (Å²) in [6, 6.07) is 0. The molecule has 0 aliphatic carbocycles. The second kappa shape index (κ2) is 8.75. The van der Waals surface area contributed by atoms with Gasteiger partial charge in [0.25, 0.3) is 0 Å². The van der Waals surface area contributed by atoms with Crippen LogP contribution in [0, 0.1) is 0 Å². The number of rotatable bonds is 7. The van der Waals surface area contributed by atoms with E-state index in [1.54, 1.807) is 0 Å². The van der Waals surface area contributed by atoms with Crippen molar-refractivity contribution in [2.24, 2.45) is 0 Å². The van der Waals surface area contributed by atoms with Gasteiger partial charge >= 0.3 is 0 Å². The minimum atomic E-state index is 0.329. The maximum atomic E-state index is 8.51. The molecule has 0 aliphatic rings. The van der Waals surface area contributed by atoms with Gasteiger partial charge in [0.15, 0.2) is 0 Å². The number of hydrogen-bond donors (Lipinski definition) is 1. The van der Waals surface area contributed by atoms with Crippen molar-refractivity contribution in [2.45, 2.75) is 38.4 Å². The minimum Gasteiger partial charge on any atom is -0.396 e. The Morgan fingerprint density at radius 3 is 2.73 bits per heavy atom. The highest BCUT2D eigenvalue weighted by Crippen LogP contribution is 2.29. The largest absolute Gasteiger partial charge is 0.396 e. The van der Waals surface area contributed by atoms with Gasteiger partial charge in [0, 0.05) is 17.6 Å². The van der Waals surface area contributed by atoms with Crippen LogP contribution in [0.15, 0.2) is 0 Å². The van der Waals surface area contributed by atoms with Crippen LogP contribution in [0.4, 0.5) is 0 Å². The van der Waals surface area contributed by atoms with Crippen LogP contribution in [0.2, 0.25) is 0 Å². The van der Waals surface area contributed by atoms with Crippen molar-refractivity contribution in [3.63, 3.8) is 0 Å². The fraction of sp³-hybridized carbons (Fsp3) is 1.00. The Hall–Kier alpha value is 0.660. The molecule has 0 saturated carbocycles. The van der Waals surface area contributed by atoms with Crippen LogP contribution in [0.25, 0.3) is 0 Å². The summed E-state index contributed by atoms with van der Waals surface area (Å²) in [6.07, 6.45) is 3.50. The predicted molar refractivity (Wildman–Crippen MR) is 56.1 cm³/mol. The predicted octanol–water partition coefficient (Wildman–Crippen LogP) is 2.94. The summed E-state index contributed by atoms with van der Waals surface area (Å²) in [4.78, 5) is 0. The first-order valence-corrected chi connectivity index (χ1v) is 6.58. The zero-order valence-electron chi connectivity index (χ0n) is 7.38. The Kier molecular flexibility index (Phi) is 9.28. The van der Waals surface area contributed by atoms with Crippen molar-refractivity contribution >= 4 is 21.6 Å². The average Bonchev–Trinajstić information content (AvgIpc) is 1.99. The Morgan fingerprint density at radius 1 is 1.45 bits per heavy atom. The van der Waals surface area contributed by atoms with Crippen molar-refractivity contribution in [1.82, 2.24) is 0 Å². The number of hydrogen-bond acceptors (Lipinski definition) is 3. The van der Waals surface area contributed by atoms with Crippen LogP contribution in [0.1, 0.15) is 33.1 Å². The molecule has 1 unspecified atom stereocenters. The van der Waals surface area contributed by atoms with E-state index in [4.69, 9.17) is 5.11 Å². The van der Waals surface area contributed by atoms with Crippen molar-refractivity contribution < 1.29 is 5.11 Å². The van der Waals surface area contributed by atoms with Crippen LogP contribution < -0.4 is 0 Å². The van der Waals surface area contributed by atoms with Gasteiger partial charge in [-0.1, -0.05) is 41.9 Å². The SMILES string of the molecule is CCCC(C)SSCCCO. The normalized spacial score (nSPS) is 13.4. The van der Waals surface area contributed by atoms with E-state index in [9.17, 15) is 0 Å². The molecular weight excluding hydrogens is 176 g/mol. The molecule has 0 heterocycles. The fourth-order valence-electron chi connectivity index (χ4n) is 0.742. The highest BCUT2D eigenvalue weighted by molar-refractivity contribution is 8.76. The molecule has 0 aromatic heterocycles. The standard InChI is InChI=1S/C8H18OS2/c1-3-5-8(2)11-10-7-4-6-9/h8-9H,3-7H2,1-2H3. The molecule has 0 amide bonds. The van der Waals surface area contributed by atoms with E-state index in [-0.39, 0.29) is 0 Å². The van der Waals surface area contributed by atoms with Crippen LogP contribution >= 0.6 is 21.6 Å². The molecule has 0 fully saturated rings. The second-order valence-corrected chi connectivity index (χ2v) is 5.52. The highest BCUT2D eigenvalue weighted by atomic mass is 33.1. The molecule has 0 bridgehead atoms. The lowest BCUT2D eigenvalue weighted by atomic mass is 10.3. The Balaban J connectivity index is 2.97. The fourth-order valence-corrected chi connectivity index (χ4v) is 3.28. The summed E-state index contributed by atoms with van der Waals surface area (Å²) >= 11 is 0. The van der Waals surface area contributed by atoms with Crippen molar-refractivity contribution in [1.29, 1.82) is 0 Å². The third-order valence-corrected chi connectivity index (χ3v) is 4.36. The van der Waals surface area contributed by atoms with Gasteiger partial charge in [0.1, 0.15) is 0 Å². The van der Waals surface area contributed by atoms with Gasteiger partial charge in [0.05, 0.1) is 0 Å². The van der Waals surface area contributed by atoms with Gasteiger partial charge in [-0.05, 0) is 12.8 Å².